The molecule has 0 aliphatic rings. The van der Waals surface area contributed by atoms with E-state index in [9.17, 15) is 4.79 Å². The number of nitrogens with zero attached hydrogens (tertiary/aromatic N) is 4. The Morgan fingerprint density at radius 1 is 1.61 bits per heavy atom. The molecular formula is C10H15N7O. The van der Waals surface area contributed by atoms with Crippen molar-refractivity contribution in [3.8, 4) is 0 Å². The first-order valence-corrected chi connectivity index (χ1v) is 5.46. The highest BCUT2D eigenvalue weighted by molar-refractivity contribution is 5.95. The summed E-state index contributed by atoms with van der Waals surface area (Å²) in [4.78, 5) is 16.0. The summed E-state index contributed by atoms with van der Waals surface area (Å²) < 4.78 is 1.64. The van der Waals surface area contributed by atoms with Crippen LogP contribution in [0.1, 0.15) is 34.8 Å². The number of rotatable bonds is 3. The molecule has 0 aliphatic heterocycles. The van der Waals surface area contributed by atoms with Gasteiger partial charge in [0.05, 0.1) is 17.8 Å². The van der Waals surface area contributed by atoms with Gasteiger partial charge in [-0.1, -0.05) is 0 Å². The fraction of sp³-hybridized carbons (Fsp3) is 0.400. The molecule has 2 aromatic rings. The second kappa shape index (κ2) is 4.47. The van der Waals surface area contributed by atoms with Crippen LogP contribution in [0, 0.1) is 6.92 Å². The van der Waals surface area contributed by atoms with Crippen LogP contribution in [0.5, 0.6) is 0 Å². The van der Waals surface area contributed by atoms with Crippen LogP contribution in [-0.2, 0) is 7.05 Å². The molecule has 0 unspecified atom stereocenters. The number of H-pyrrole nitrogens is 1. The van der Waals surface area contributed by atoms with Crippen molar-refractivity contribution in [2.75, 3.05) is 5.73 Å². The van der Waals surface area contributed by atoms with Gasteiger partial charge in [-0.25, -0.2) is 0 Å². The number of nitrogens with two attached hydrogens (primary N) is 1. The normalized spacial score (nSPS) is 12.4. The highest BCUT2D eigenvalue weighted by atomic mass is 16.1. The number of anilines is 1. The monoisotopic (exact) mass is 249 g/mol. The van der Waals surface area contributed by atoms with Crippen molar-refractivity contribution in [2.45, 2.75) is 19.9 Å². The number of carbonyl (C=O) groups excluding carboxylic acids is 1. The molecule has 0 aromatic carbocycles. The number of nitrogens with one attached hydrogen (secondary N) is 2. The summed E-state index contributed by atoms with van der Waals surface area (Å²) in [5.74, 6) is 0.467. The number of amides is 1. The topological polar surface area (TPSA) is 115 Å². The minimum Gasteiger partial charge on any atom is -0.367 e. The van der Waals surface area contributed by atoms with Gasteiger partial charge in [-0.05, 0) is 13.8 Å². The van der Waals surface area contributed by atoms with Gasteiger partial charge in [0.15, 0.2) is 0 Å². The maximum Gasteiger partial charge on any atom is 0.255 e. The molecule has 1 amide bonds. The predicted molar refractivity (Wildman–Crippen MR) is 64.6 cm³/mol. The second-order valence-corrected chi connectivity index (χ2v) is 4.04. The molecule has 8 heteroatoms. The Morgan fingerprint density at radius 3 is 2.83 bits per heavy atom. The second-order valence-electron chi connectivity index (χ2n) is 4.04. The van der Waals surface area contributed by atoms with Crippen LogP contribution >= 0.6 is 0 Å². The third kappa shape index (κ3) is 2.17. The lowest BCUT2D eigenvalue weighted by Gasteiger charge is -2.10. The van der Waals surface area contributed by atoms with Gasteiger partial charge < -0.3 is 11.1 Å². The van der Waals surface area contributed by atoms with Crippen LogP contribution in [0.25, 0.3) is 0 Å². The van der Waals surface area contributed by atoms with Gasteiger partial charge in [0.1, 0.15) is 5.82 Å². The Morgan fingerprint density at radius 2 is 2.33 bits per heavy atom. The summed E-state index contributed by atoms with van der Waals surface area (Å²) >= 11 is 0. The fourth-order valence-corrected chi connectivity index (χ4v) is 1.55. The molecule has 2 heterocycles. The quantitative estimate of drug-likeness (QED) is 0.703. The van der Waals surface area contributed by atoms with Crippen molar-refractivity contribution in [1.82, 2.24) is 30.3 Å². The lowest BCUT2D eigenvalue weighted by molar-refractivity contribution is 0.0937. The van der Waals surface area contributed by atoms with Crippen LogP contribution in [0.2, 0.25) is 0 Å². The number of aryl methyl sites for hydroxylation is 1. The van der Waals surface area contributed by atoms with E-state index in [0.717, 1.165) is 5.69 Å². The number of hydrogen-bond donors (Lipinski definition) is 3. The lowest BCUT2D eigenvalue weighted by atomic mass is 10.2. The lowest BCUT2D eigenvalue weighted by Crippen LogP contribution is -2.27. The molecule has 2 aromatic heterocycles. The van der Waals surface area contributed by atoms with Crippen molar-refractivity contribution >= 4 is 11.9 Å². The summed E-state index contributed by atoms with van der Waals surface area (Å²) in [6.45, 7) is 3.63. The molecule has 0 saturated carbocycles. The van der Waals surface area contributed by atoms with Gasteiger partial charge in [0.25, 0.3) is 5.91 Å². The summed E-state index contributed by atoms with van der Waals surface area (Å²) in [5, 5.41) is 13.2. The fourth-order valence-electron chi connectivity index (χ4n) is 1.55. The Labute approximate surface area is 104 Å². The standard InChI is InChI=1S/C10H15N7O/c1-5(8-14-10(11)16-15-8)13-9(18)7-4-12-17(3)6(7)2/h4-5H,1-3H3,(H,13,18)(H3,11,14,15,16)/t5-/m1/s1. The largest absolute Gasteiger partial charge is 0.367 e. The average Bonchev–Trinajstić information content (AvgIpc) is 2.87. The predicted octanol–water partition coefficient (Wildman–Crippen LogP) is -0.0802. The summed E-state index contributed by atoms with van der Waals surface area (Å²) in [6, 6.07) is -0.304. The smallest absolute Gasteiger partial charge is 0.255 e. The van der Waals surface area contributed by atoms with Gasteiger partial charge >= 0.3 is 0 Å². The van der Waals surface area contributed by atoms with Crippen LogP contribution in [0.3, 0.4) is 0 Å². The molecule has 0 spiro atoms. The number of aromatic amines is 1. The third-order valence-electron chi connectivity index (χ3n) is 2.76. The number of hydrogen-bond acceptors (Lipinski definition) is 5. The van der Waals surface area contributed by atoms with E-state index in [1.54, 1.807) is 18.7 Å². The molecule has 1 atom stereocenters. The molecule has 96 valence electrons. The van der Waals surface area contributed by atoms with Gasteiger partial charge in [-0.3, -0.25) is 14.6 Å². The molecule has 0 saturated heterocycles. The zero-order valence-electron chi connectivity index (χ0n) is 10.4. The average molecular weight is 249 g/mol. The SMILES string of the molecule is Cc1c(C(=O)N[C@H](C)c2nc(N)n[nH]2)cnn1C. The molecule has 4 N–H and O–H groups in total. The Bertz CT molecular complexity index is 571. The Balaban J connectivity index is 2.10. The van der Waals surface area contributed by atoms with Gasteiger partial charge in [0.2, 0.25) is 5.95 Å². The van der Waals surface area contributed by atoms with Crippen molar-refractivity contribution in [3.05, 3.63) is 23.3 Å². The summed E-state index contributed by atoms with van der Waals surface area (Å²) in [6.07, 6.45) is 1.53. The van der Waals surface area contributed by atoms with E-state index in [2.05, 4.69) is 25.6 Å². The summed E-state index contributed by atoms with van der Waals surface area (Å²) in [5.41, 5.74) is 6.75. The van der Waals surface area contributed by atoms with Crippen molar-refractivity contribution in [2.24, 2.45) is 7.05 Å². The number of aromatic nitrogens is 5. The minimum absolute atomic E-state index is 0.156. The van der Waals surface area contributed by atoms with Gasteiger partial charge in [-0.2, -0.15) is 10.1 Å². The molecule has 0 aliphatic carbocycles. The molecule has 0 fully saturated rings. The highest BCUT2D eigenvalue weighted by Gasteiger charge is 2.17. The Kier molecular flexibility index (Phi) is 3.00. The number of nitrogen functional groups attached to an aromatic ring is 1. The maximum atomic E-state index is 12.0. The molecule has 0 radical (unpaired) electrons. The first-order chi connectivity index (χ1) is 8.49. The zero-order chi connectivity index (χ0) is 13.3. The molecule has 18 heavy (non-hydrogen) atoms. The maximum absolute atomic E-state index is 12.0. The molecule has 0 bridgehead atoms. The van der Waals surface area contributed by atoms with E-state index in [-0.39, 0.29) is 17.9 Å². The van der Waals surface area contributed by atoms with Crippen LogP contribution in [-0.4, -0.2) is 30.9 Å². The van der Waals surface area contributed by atoms with E-state index in [1.807, 2.05) is 6.92 Å². The Hall–Kier alpha value is -2.38. The van der Waals surface area contributed by atoms with E-state index in [4.69, 9.17) is 5.73 Å². The van der Waals surface area contributed by atoms with Crippen LogP contribution in [0.15, 0.2) is 6.20 Å². The van der Waals surface area contributed by atoms with Gasteiger partial charge in [0, 0.05) is 12.7 Å². The van der Waals surface area contributed by atoms with Gasteiger partial charge in [-0.15, -0.1) is 5.10 Å². The van der Waals surface area contributed by atoms with Crippen molar-refractivity contribution < 1.29 is 4.79 Å². The minimum atomic E-state index is -0.304. The first kappa shape index (κ1) is 12.1. The summed E-state index contributed by atoms with van der Waals surface area (Å²) in [7, 11) is 1.78. The molecule has 8 nitrogen and oxygen atoms in total. The van der Waals surface area contributed by atoms with E-state index in [0.29, 0.717) is 11.4 Å². The van der Waals surface area contributed by atoms with E-state index >= 15 is 0 Å². The van der Waals surface area contributed by atoms with Crippen LogP contribution in [0.4, 0.5) is 5.95 Å². The third-order valence-corrected chi connectivity index (χ3v) is 2.76. The van der Waals surface area contributed by atoms with E-state index < -0.39 is 0 Å². The van der Waals surface area contributed by atoms with E-state index in [1.165, 1.54) is 6.20 Å². The van der Waals surface area contributed by atoms with Crippen molar-refractivity contribution in [1.29, 1.82) is 0 Å². The zero-order valence-corrected chi connectivity index (χ0v) is 10.4. The highest BCUT2D eigenvalue weighted by Crippen LogP contribution is 2.10. The molecular weight excluding hydrogens is 234 g/mol. The molecule has 2 rings (SSSR count). The van der Waals surface area contributed by atoms with Crippen LogP contribution < -0.4 is 11.1 Å². The number of carbonyl (C=O) groups is 1. The van der Waals surface area contributed by atoms with Crippen molar-refractivity contribution in [3.63, 3.8) is 0 Å². The first-order valence-electron chi connectivity index (χ1n) is 5.46.